The van der Waals surface area contributed by atoms with Gasteiger partial charge in [0.2, 0.25) is 0 Å². The SMILES string of the molecule is FC(F)(F)c1c[nH+]cc(C(F)(F)F)c1C(F)(F)F. The second-order valence-corrected chi connectivity index (χ2v) is 3.15. The molecule has 0 amide bonds. The number of halogens is 9. The Hall–Kier alpha value is -1.48. The number of alkyl halides is 9. The Morgan fingerprint density at radius 3 is 1.17 bits per heavy atom. The Morgan fingerprint density at radius 1 is 0.611 bits per heavy atom. The van der Waals surface area contributed by atoms with E-state index in [1.807, 2.05) is 0 Å². The maximum absolute atomic E-state index is 12.4. The first-order chi connectivity index (χ1) is 7.85. The van der Waals surface area contributed by atoms with E-state index in [4.69, 9.17) is 0 Å². The monoisotopic (exact) mass is 284 g/mol. The van der Waals surface area contributed by atoms with Gasteiger partial charge in [-0.25, -0.2) is 4.98 Å². The Labute approximate surface area is 93.2 Å². The first-order valence-corrected chi connectivity index (χ1v) is 4.11. The van der Waals surface area contributed by atoms with Crippen molar-refractivity contribution >= 4 is 0 Å². The van der Waals surface area contributed by atoms with Gasteiger partial charge in [-0.2, -0.15) is 39.5 Å². The average Bonchev–Trinajstić information content (AvgIpc) is 2.12. The third kappa shape index (κ3) is 2.85. The minimum absolute atomic E-state index is 0.169. The van der Waals surface area contributed by atoms with Crippen LogP contribution in [0.3, 0.4) is 0 Å². The molecule has 0 radical (unpaired) electrons. The number of hydrogen-bond acceptors (Lipinski definition) is 0. The zero-order valence-electron chi connectivity index (χ0n) is 8.06. The Kier molecular flexibility index (Phi) is 3.26. The number of nitrogens with one attached hydrogen (secondary N) is 1. The van der Waals surface area contributed by atoms with Gasteiger partial charge in [-0.05, 0) is 0 Å². The van der Waals surface area contributed by atoms with Gasteiger partial charge in [-0.3, -0.25) is 0 Å². The van der Waals surface area contributed by atoms with Crippen molar-refractivity contribution in [1.82, 2.24) is 0 Å². The molecule has 0 unspecified atom stereocenters. The van der Waals surface area contributed by atoms with Crippen LogP contribution < -0.4 is 4.98 Å². The maximum atomic E-state index is 12.4. The molecule has 1 N–H and O–H groups in total. The predicted molar refractivity (Wildman–Crippen MR) is 38.0 cm³/mol. The molecule has 0 saturated heterocycles. The average molecular weight is 284 g/mol. The lowest BCUT2D eigenvalue weighted by Crippen LogP contribution is -2.26. The van der Waals surface area contributed by atoms with Crippen molar-refractivity contribution in [2.24, 2.45) is 0 Å². The van der Waals surface area contributed by atoms with Gasteiger partial charge in [0, 0.05) is 0 Å². The van der Waals surface area contributed by atoms with Crippen LogP contribution in [0, 0.1) is 0 Å². The van der Waals surface area contributed by atoms with Crippen molar-refractivity contribution in [3.63, 3.8) is 0 Å². The van der Waals surface area contributed by atoms with Crippen LogP contribution in [-0.4, -0.2) is 0 Å². The van der Waals surface area contributed by atoms with Gasteiger partial charge in [0.05, 0.1) is 5.56 Å². The Morgan fingerprint density at radius 2 is 0.944 bits per heavy atom. The molecule has 0 bridgehead atoms. The molecule has 102 valence electrons. The summed E-state index contributed by atoms with van der Waals surface area (Å²) in [5.41, 5.74) is -7.57. The molecule has 1 rings (SSSR count). The fourth-order valence-electron chi connectivity index (χ4n) is 1.25. The molecular weight excluding hydrogens is 281 g/mol. The fraction of sp³-hybridized carbons (Fsp3) is 0.375. The van der Waals surface area contributed by atoms with E-state index in [1.165, 1.54) is 4.98 Å². The van der Waals surface area contributed by atoms with E-state index in [0.29, 0.717) is 0 Å². The molecule has 0 aliphatic rings. The van der Waals surface area contributed by atoms with Crippen molar-refractivity contribution in [1.29, 1.82) is 0 Å². The highest BCUT2D eigenvalue weighted by Gasteiger charge is 2.52. The lowest BCUT2D eigenvalue weighted by Gasteiger charge is -2.17. The number of hydrogen-bond donors (Lipinski definition) is 0. The summed E-state index contributed by atoms with van der Waals surface area (Å²) in [6.07, 6.45) is -17.2. The van der Waals surface area contributed by atoms with Gasteiger partial charge < -0.3 is 0 Å². The van der Waals surface area contributed by atoms with E-state index in [9.17, 15) is 39.5 Å². The van der Waals surface area contributed by atoms with Crippen LogP contribution >= 0.6 is 0 Å². The molecular formula is C8H3F9N+. The van der Waals surface area contributed by atoms with Crippen molar-refractivity contribution in [3.8, 4) is 0 Å². The highest BCUT2D eigenvalue weighted by molar-refractivity contribution is 5.36. The summed E-state index contributed by atoms with van der Waals surface area (Å²) in [5, 5.41) is 0. The molecule has 0 spiro atoms. The highest BCUT2D eigenvalue weighted by Crippen LogP contribution is 2.45. The summed E-state index contributed by atoms with van der Waals surface area (Å²) in [6, 6.07) is 0. The van der Waals surface area contributed by atoms with Crippen molar-refractivity contribution in [2.45, 2.75) is 18.5 Å². The largest absolute Gasteiger partial charge is 0.422 e. The van der Waals surface area contributed by atoms with Crippen molar-refractivity contribution < 1.29 is 44.5 Å². The zero-order valence-corrected chi connectivity index (χ0v) is 8.06. The highest BCUT2D eigenvalue weighted by atomic mass is 19.4. The van der Waals surface area contributed by atoms with Gasteiger partial charge in [0.25, 0.3) is 0 Å². The van der Waals surface area contributed by atoms with Crippen LogP contribution in [0.4, 0.5) is 39.5 Å². The molecule has 0 aliphatic heterocycles. The van der Waals surface area contributed by atoms with Crippen molar-refractivity contribution in [2.75, 3.05) is 0 Å². The summed E-state index contributed by atoms with van der Waals surface area (Å²) in [7, 11) is 0. The van der Waals surface area contributed by atoms with Crippen LogP contribution in [0.15, 0.2) is 12.4 Å². The standard InChI is InChI=1S/C8H2F9N/c9-6(10,11)3-1-18-2-4(7(12,13)14)5(3)8(15,16)17/h1-2H/p+1. The first kappa shape index (κ1) is 14.6. The number of aromatic nitrogens is 1. The smallest absolute Gasteiger partial charge is 0.217 e. The topological polar surface area (TPSA) is 14.1 Å². The quantitative estimate of drug-likeness (QED) is 0.647. The molecule has 0 saturated carbocycles. The summed E-state index contributed by atoms with van der Waals surface area (Å²) in [5.74, 6) is 0. The molecule has 0 fully saturated rings. The number of pyridine rings is 1. The summed E-state index contributed by atoms with van der Waals surface area (Å²) in [4.78, 5) is 1.42. The first-order valence-electron chi connectivity index (χ1n) is 4.11. The molecule has 1 aromatic rings. The molecule has 10 heteroatoms. The lowest BCUT2D eigenvalue weighted by molar-refractivity contribution is -0.385. The predicted octanol–water partition coefficient (Wildman–Crippen LogP) is 3.56. The van der Waals surface area contributed by atoms with E-state index in [-0.39, 0.29) is 12.4 Å². The molecule has 18 heavy (non-hydrogen) atoms. The van der Waals surface area contributed by atoms with Crippen LogP contribution in [0.5, 0.6) is 0 Å². The number of H-pyrrole nitrogens is 1. The van der Waals surface area contributed by atoms with Gasteiger partial charge in [0.1, 0.15) is 11.1 Å². The Bertz CT molecular complexity index is 407. The molecule has 0 atom stereocenters. The van der Waals surface area contributed by atoms with E-state index in [1.54, 1.807) is 0 Å². The Balaban J connectivity index is 3.68. The van der Waals surface area contributed by atoms with E-state index in [2.05, 4.69) is 0 Å². The van der Waals surface area contributed by atoms with E-state index < -0.39 is 35.2 Å². The van der Waals surface area contributed by atoms with Gasteiger partial charge >= 0.3 is 18.5 Å². The second-order valence-electron chi connectivity index (χ2n) is 3.15. The lowest BCUT2D eigenvalue weighted by atomic mass is 10.0. The number of aromatic amines is 1. The molecule has 1 nitrogen and oxygen atoms in total. The summed E-state index contributed by atoms with van der Waals surface area (Å²) >= 11 is 0. The van der Waals surface area contributed by atoms with E-state index in [0.717, 1.165) is 0 Å². The van der Waals surface area contributed by atoms with Gasteiger partial charge in [0.15, 0.2) is 12.4 Å². The van der Waals surface area contributed by atoms with Gasteiger partial charge in [-0.1, -0.05) is 0 Å². The van der Waals surface area contributed by atoms with Crippen LogP contribution in [-0.2, 0) is 18.5 Å². The van der Waals surface area contributed by atoms with Crippen LogP contribution in [0.25, 0.3) is 0 Å². The van der Waals surface area contributed by atoms with Crippen molar-refractivity contribution in [3.05, 3.63) is 29.1 Å². The minimum Gasteiger partial charge on any atom is -0.217 e. The zero-order chi connectivity index (χ0) is 14.4. The molecule has 0 aliphatic carbocycles. The third-order valence-electron chi connectivity index (χ3n) is 1.89. The van der Waals surface area contributed by atoms with E-state index >= 15 is 0 Å². The normalized spacial score (nSPS) is 13.8. The maximum Gasteiger partial charge on any atom is 0.422 e. The molecule has 0 aromatic carbocycles. The van der Waals surface area contributed by atoms with Gasteiger partial charge in [-0.15, -0.1) is 0 Å². The minimum atomic E-state index is -5.77. The summed E-state index contributed by atoms with van der Waals surface area (Å²) < 4.78 is 111. The number of rotatable bonds is 0. The van der Waals surface area contributed by atoms with Crippen LogP contribution in [0.1, 0.15) is 16.7 Å². The van der Waals surface area contributed by atoms with Crippen LogP contribution in [0.2, 0.25) is 0 Å². The fourth-order valence-corrected chi connectivity index (χ4v) is 1.25. The second kappa shape index (κ2) is 4.02. The summed E-state index contributed by atoms with van der Waals surface area (Å²) in [6.45, 7) is 0. The third-order valence-corrected chi connectivity index (χ3v) is 1.89. The molecule has 1 aromatic heterocycles. The molecule has 1 heterocycles.